The van der Waals surface area contributed by atoms with Crippen LogP contribution in [-0.4, -0.2) is 81.3 Å². The number of furan rings is 1. The van der Waals surface area contributed by atoms with E-state index < -0.39 is 99.8 Å². The standard InChI is InChI=1S/C35H44O13/c1-8-17(2)28(39)31(42)47-29-26(30(40)41)27(32(5)11-9-24(37)48-33(6)16-45-25(38)14-22(32)33)18(3)35(43)23(46-19(4)36)13-21(34(29,35)7)20-10-12-44-15-20/h9-12,15,17,21-23,26-29,39,43H,3,8,13-14,16H2,1-2,4-7H3,(H,40,41). The highest BCUT2D eigenvalue weighted by Crippen LogP contribution is 2.70. The van der Waals surface area contributed by atoms with Crippen molar-refractivity contribution in [2.75, 3.05) is 6.61 Å². The molecule has 0 radical (unpaired) electrons. The molecule has 0 amide bonds. The van der Waals surface area contributed by atoms with E-state index in [0.717, 1.165) is 6.08 Å². The summed E-state index contributed by atoms with van der Waals surface area (Å²) in [6.07, 6.45) is 0.904. The second-order valence-electron chi connectivity index (χ2n) is 14.4. The molecule has 262 valence electrons. The molecule has 3 heterocycles. The molecular formula is C35H44O13. The normalized spacial score (nSPS) is 40.4. The monoisotopic (exact) mass is 672 g/mol. The summed E-state index contributed by atoms with van der Waals surface area (Å²) in [7, 11) is 0. The van der Waals surface area contributed by atoms with Crippen molar-refractivity contribution in [1.29, 1.82) is 0 Å². The Morgan fingerprint density at radius 1 is 1.17 bits per heavy atom. The highest BCUT2D eigenvalue weighted by Gasteiger charge is 2.77. The third-order valence-corrected chi connectivity index (χ3v) is 11.8. The molecule has 2 aliphatic carbocycles. The van der Waals surface area contributed by atoms with Crippen LogP contribution in [0.5, 0.6) is 0 Å². The van der Waals surface area contributed by atoms with Gasteiger partial charge in [0.05, 0.1) is 18.9 Å². The van der Waals surface area contributed by atoms with Crippen molar-refractivity contribution in [3.8, 4) is 0 Å². The first kappa shape index (κ1) is 35.3. The number of carboxylic acids is 1. The van der Waals surface area contributed by atoms with Crippen LogP contribution in [0.4, 0.5) is 0 Å². The lowest BCUT2D eigenvalue weighted by Crippen LogP contribution is -2.70. The van der Waals surface area contributed by atoms with Crippen LogP contribution in [0, 0.1) is 34.5 Å². The number of rotatable bonds is 8. The highest BCUT2D eigenvalue weighted by atomic mass is 16.6. The second kappa shape index (κ2) is 12.2. The zero-order chi connectivity index (χ0) is 35.6. The number of hydrogen-bond donors (Lipinski definition) is 3. The van der Waals surface area contributed by atoms with Crippen molar-refractivity contribution in [3.63, 3.8) is 0 Å². The lowest BCUT2D eigenvalue weighted by atomic mass is 9.45. The van der Waals surface area contributed by atoms with Gasteiger partial charge < -0.3 is 38.7 Å². The van der Waals surface area contributed by atoms with Crippen LogP contribution in [0.2, 0.25) is 0 Å². The molecule has 0 spiro atoms. The van der Waals surface area contributed by atoms with E-state index >= 15 is 0 Å². The molecule has 48 heavy (non-hydrogen) atoms. The van der Waals surface area contributed by atoms with E-state index in [1.807, 2.05) is 0 Å². The van der Waals surface area contributed by atoms with E-state index in [1.54, 1.807) is 40.7 Å². The molecule has 1 aromatic rings. The number of esters is 4. The molecular weight excluding hydrogens is 628 g/mol. The molecule has 0 bridgehead atoms. The number of hydrogen-bond acceptors (Lipinski definition) is 12. The number of aliphatic hydroxyl groups excluding tert-OH is 1. The van der Waals surface area contributed by atoms with Gasteiger partial charge in [-0.3, -0.25) is 14.4 Å². The highest BCUT2D eigenvalue weighted by molar-refractivity contribution is 5.84. The van der Waals surface area contributed by atoms with Gasteiger partial charge in [-0.05, 0) is 36.5 Å². The summed E-state index contributed by atoms with van der Waals surface area (Å²) in [4.78, 5) is 65.7. The topological polar surface area (TPSA) is 196 Å². The fourth-order valence-electron chi connectivity index (χ4n) is 9.07. The Hall–Kier alpha value is -3.97. The van der Waals surface area contributed by atoms with E-state index in [1.165, 1.54) is 25.5 Å². The predicted molar refractivity (Wildman–Crippen MR) is 165 cm³/mol. The van der Waals surface area contributed by atoms with Gasteiger partial charge in [-0.15, -0.1) is 0 Å². The van der Waals surface area contributed by atoms with Crippen LogP contribution < -0.4 is 0 Å². The van der Waals surface area contributed by atoms with Crippen molar-refractivity contribution >= 4 is 29.8 Å². The number of ether oxygens (including phenoxy) is 4. The van der Waals surface area contributed by atoms with Crippen molar-refractivity contribution in [2.24, 2.45) is 34.5 Å². The summed E-state index contributed by atoms with van der Waals surface area (Å²) in [5.41, 5.74) is -6.41. The molecule has 13 nitrogen and oxygen atoms in total. The molecule has 0 aromatic carbocycles. The molecule has 1 aromatic heterocycles. The minimum atomic E-state index is -2.25. The quantitative estimate of drug-likeness (QED) is 0.207. The maximum absolute atomic E-state index is 13.7. The van der Waals surface area contributed by atoms with E-state index in [9.17, 15) is 39.3 Å². The number of carbonyl (C=O) groups excluding carboxylic acids is 4. The largest absolute Gasteiger partial charge is 0.481 e. The molecule has 13 heteroatoms. The molecule has 2 aliphatic heterocycles. The van der Waals surface area contributed by atoms with Gasteiger partial charge in [0.25, 0.3) is 0 Å². The summed E-state index contributed by atoms with van der Waals surface area (Å²) >= 11 is 0. The predicted octanol–water partition coefficient (Wildman–Crippen LogP) is 3.08. The van der Waals surface area contributed by atoms with Crippen LogP contribution in [0.25, 0.3) is 0 Å². The molecule has 3 fully saturated rings. The van der Waals surface area contributed by atoms with Gasteiger partial charge in [-0.2, -0.15) is 0 Å². The number of allylic oxidation sites excluding steroid dienone is 1. The molecule has 2 saturated carbocycles. The number of fused-ring (bicyclic) bond motifs is 2. The van der Waals surface area contributed by atoms with Gasteiger partial charge in [-0.1, -0.05) is 46.8 Å². The molecule has 12 unspecified atom stereocenters. The average molecular weight is 673 g/mol. The smallest absolute Gasteiger partial charge is 0.335 e. The Morgan fingerprint density at radius 2 is 1.85 bits per heavy atom. The van der Waals surface area contributed by atoms with Gasteiger partial charge >= 0.3 is 29.8 Å². The fourth-order valence-corrected chi connectivity index (χ4v) is 9.07. The van der Waals surface area contributed by atoms with Crippen LogP contribution in [0.15, 0.2) is 47.3 Å². The van der Waals surface area contributed by atoms with Crippen molar-refractivity contribution < 1.29 is 62.7 Å². The van der Waals surface area contributed by atoms with Gasteiger partial charge in [0.1, 0.15) is 35.9 Å². The summed E-state index contributed by atoms with van der Waals surface area (Å²) in [6.45, 7) is 13.4. The molecule has 4 aliphatic rings. The third-order valence-electron chi connectivity index (χ3n) is 11.8. The first-order chi connectivity index (χ1) is 22.4. The minimum Gasteiger partial charge on any atom is -0.481 e. The van der Waals surface area contributed by atoms with Crippen LogP contribution in [0.1, 0.15) is 72.3 Å². The van der Waals surface area contributed by atoms with Gasteiger partial charge in [-0.25, -0.2) is 9.59 Å². The van der Waals surface area contributed by atoms with Gasteiger partial charge in [0.2, 0.25) is 0 Å². The van der Waals surface area contributed by atoms with E-state index in [2.05, 4.69) is 6.58 Å². The average Bonchev–Trinajstić information content (AvgIpc) is 3.61. The molecule has 3 N–H and O–H groups in total. The molecule has 1 saturated heterocycles. The zero-order valence-electron chi connectivity index (χ0n) is 28.0. The minimum absolute atomic E-state index is 0.0339. The SMILES string of the molecule is C=C1C(C2(C)C=CC(=O)OC3(C)COC(=O)CC32)C(C(=O)O)C(OC(=O)C(O)C(C)CC)C2(C)C(c3ccoc3)CC(OC(C)=O)C12O. The Kier molecular flexibility index (Phi) is 8.96. The summed E-state index contributed by atoms with van der Waals surface area (Å²) in [5, 5.41) is 35.3. The van der Waals surface area contributed by atoms with Crippen LogP contribution >= 0.6 is 0 Å². The summed E-state index contributed by atoms with van der Waals surface area (Å²) in [5.74, 6) is -9.87. The fraction of sp³-hybridized carbons (Fsp3) is 0.629. The van der Waals surface area contributed by atoms with Crippen molar-refractivity contribution in [1.82, 2.24) is 0 Å². The number of carbonyl (C=O) groups is 5. The van der Waals surface area contributed by atoms with Gasteiger partial charge in [0.15, 0.2) is 6.10 Å². The Morgan fingerprint density at radius 3 is 2.44 bits per heavy atom. The second-order valence-corrected chi connectivity index (χ2v) is 14.4. The van der Waals surface area contributed by atoms with Crippen LogP contribution in [0.3, 0.4) is 0 Å². The number of aliphatic hydroxyl groups is 2. The molecule has 5 rings (SSSR count). The first-order valence-electron chi connectivity index (χ1n) is 16.2. The zero-order valence-corrected chi connectivity index (χ0v) is 28.0. The summed E-state index contributed by atoms with van der Waals surface area (Å²) in [6, 6.07) is 1.63. The number of cyclic esters (lactones) is 1. The van der Waals surface area contributed by atoms with Crippen molar-refractivity contribution in [2.45, 2.75) is 96.2 Å². The Bertz CT molecular complexity index is 1530. The van der Waals surface area contributed by atoms with E-state index in [-0.39, 0.29) is 25.0 Å². The lowest BCUT2D eigenvalue weighted by molar-refractivity contribution is -0.231. The van der Waals surface area contributed by atoms with Gasteiger partial charge in [0, 0.05) is 41.6 Å². The van der Waals surface area contributed by atoms with E-state index in [4.69, 9.17) is 23.4 Å². The first-order valence-corrected chi connectivity index (χ1v) is 16.2. The Labute approximate surface area is 278 Å². The van der Waals surface area contributed by atoms with Crippen molar-refractivity contribution in [3.05, 3.63) is 48.5 Å². The maximum Gasteiger partial charge on any atom is 0.335 e. The molecule has 12 atom stereocenters. The maximum atomic E-state index is 13.7. The lowest BCUT2D eigenvalue weighted by Gasteiger charge is -2.61. The number of aliphatic carboxylic acids is 1. The Balaban J connectivity index is 1.80. The van der Waals surface area contributed by atoms with E-state index in [0.29, 0.717) is 12.0 Å². The van der Waals surface area contributed by atoms with Crippen LogP contribution in [-0.2, 0) is 42.9 Å². The third kappa shape index (κ3) is 5.17. The number of carboxylic acid groups (broad SMARTS) is 1. The summed E-state index contributed by atoms with van der Waals surface area (Å²) < 4.78 is 28.3.